The van der Waals surface area contributed by atoms with Crippen LogP contribution in [-0.2, 0) is 32.5 Å². The molecule has 3 heterocycles. The van der Waals surface area contributed by atoms with Gasteiger partial charge in [-0.1, -0.05) is 324 Å². The molecule has 0 saturated carbocycles. The summed E-state index contributed by atoms with van der Waals surface area (Å²) in [5.74, 6) is 0.675. The number of carbonyl (C=O) groups excluding carboxylic acids is 3. The minimum absolute atomic E-state index is 0.0700. The van der Waals surface area contributed by atoms with E-state index in [9.17, 15) is 14.4 Å². The third-order valence-electron chi connectivity index (χ3n) is 21.3. The molecule has 3 saturated heterocycles. The topological polar surface area (TPSA) is 159 Å². The number of hydrogen-bond donors (Lipinski definition) is 9. The van der Waals surface area contributed by atoms with Gasteiger partial charge < -0.3 is 47.9 Å². The summed E-state index contributed by atoms with van der Waals surface area (Å²) in [6.45, 7) is 49.5. The average Bonchev–Trinajstić information content (AvgIpc) is 1.75. The second-order valence-electron chi connectivity index (χ2n) is 36.4. The third kappa shape index (κ3) is 24.7. The SMILES string of the molecule is CCNC(=O)N[C@H]1CN[C@@H](C(c2ccc(C(C)(C)C)cc2)c2ccc(C(C)(C)C)cc2)C1.CNC(=O)N[C@H]1CN[C@@H](C(c2ccc(C(C)(C)C)cc2)c2ccc(C(C)(C)C)cc2)C1.Cc1ccc(NC(=O)N[C@H]2CN[C@@H](C(c3ccc(C(C)(C)C)cc3)c3ccc(C(C)(C)C)cc3)C2)cc1.Cc1ccccc1. The maximum absolute atomic E-state index is 12.7. The third-order valence-corrected chi connectivity index (χ3v) is 21.3. The van der Waals surface area contributed by atoms with Crippen LogP contribution < -0.4 is 47.9 Å². The molecule has 0 radical (unpaired) electrons. The minimum atomic E-state index is -0.156. The summed E-state index contributed by atoms with van der Waals surface area (Å²) >= 11 is 0. The lowest BCUT2D eigenvalue weighted by Crippen LogP contribution is -2.42. The van der Waals surface area contributed by atoms with Crippen molar-refractivity contribution < 1.29 is 14.4 Å². The highest BCUT2D eigenvalue weighted by molar-refractivity contribution is 5.89. The number of hydrogen-bond acceptors (Lipinski definition) is 6. The largest absolute Gasteiger partial charge is 0.341 e. The normalized spacial score (nSPS) is 18.3. The van der Waals surface area contributed by atoms with E-state index in [2.05, 4.69) is 337 Å². The molecule has 0 aromatic heterocycles. The summed E-state index contributed by atoms with van der Waals surface area (Å²) in [7, 11) is 1.66. The molecule has 3 fully saturated rings. The summed E-state index contributed by atoms with van der Waals surface area (Å²) in [5.41, 5.74) is 20.0. The first-order chi connectivity index (χ1) is 50.3. The molecule has 12 heteroatoms. The van der Waals surface area contributed by atoms with Crippen molar-refractivity contribution in [1.29, 1.82) is 0 Å². The standard InChI is InChI=1S/C33H43N3O.C28H41N3O.C27H39N3O.C7H8/c1-22-8-18-27(19-9-22)35-31(37)36-28-20-29(34-21-28)30(23-10-14-25(15-11-23)32(2,3)4)24-12-16-26(17-13-24)33(5,6)7;1-8-29-26(32)31-23-17-24(30-18-23)25(19-9-13-21(14-10-19)27(2,3)4)20-11-15-22(16-12-20)28(5,6)7;1-26(2,3)20-12-8-18(9-13-20)24(19-10-14-21(15-11-19)27(4,5)6)23-16-22(17-29-23)30-25(31)28-7;1-7-5-3-2-4-6-7/h8-19,28-30,34H,20-21H2,1-7H3,(H2,35,36,37);9-16,23-25,30H,8,17-18H2,1-7H3,(H2,29,31,32);8-15,22-24,29H,16-17H2,1-7H3,(H2,28,30,31);2-6H,1H3/t28-,29-;23-,24-;22-,23-;/m111./s1. The number of benzene rings is 8. The van der Waals surface area contributed by atoms with Crippen molar-refractivity contribution in [3.63, 3.8) is 0 Å². The molecule has 9 N–H and O–H groups in total. The van der Waals surface area contributed by atoms with Gasteiger partial charge in [-0.2, -0.15) is 0 Å². The summed E-state index contributed by atoms with van der Waals surface area (Å²) in [5, 5.41) is 28.9. The lowest BCUT2D eigenvalue weighted by Gasteiger charge is -2.27. The molecule has 8 aromatic rings. The summed E-state index contributed by atoms with van der Waals surface area (Å²) in [6.07, 6.45) is 2.68. The number of anilines is 1. The summed E-state index contributed by atoms with van der Waals surface area (Å²) in [6, 6.07) is 73.5. The molecule has 8 aromatic carbocycles. The highest BCUT2D eigenvalue weighted by Gasteiger charge is 2.37. The Balaban J connectivity index is 0.000000194. The van der Waals surface area contributed by atoms with E-state index in [1.165, 1.54) is 77.9 Å². The smallest absolute Gasteiger partial charge is 0.319 e. The van der Waals surface area contributed by atoms with Gasteiger partial charge in [0.15, 0.2) is 0 Å². The lowest BCUT2D eigenvalue weighted by atomic mass is 9.80. The molecule has 6 atom stereocenters. The molecular formula is C95H131N9O3. The minimum Gasteiger partial charge on any atom is -0.341 e. The van der Waals surface area contributed by atoms with E-state index in [0.29, 0.717) is 6.54 Å². The van der Waals surface area contributed by atoms with E-state index >= 15 is 0 Å². The molecule has 574 valence electrons. The monoisotopic (exact) mass is 1450 g/mol. The number of amides is 6. The first kappa shape index (κ1) is 84.1. The van der Waals surface area contributed by atoms with Gasteiger partial charge in [0.1, 0.15) is 0 Å². The molecule has 0 bridgehead atoms. The van der Waals surface area contributed by atoms with E-state index in [4.69, 9.17) is 0 Å². The van der Waals surface area contributed by atoms with Gasteiger partial charge in [0.2, 0.25) is 0 Å². The molecule has 0 spiro atoms. The van der Waals surface area contributed by atoms with Crippen LogP contribution in [0.4, 0.5) is 20.1 Å². The van der Waals surface area contributed by atoms with E-state index in [1.54, 1.807) is 7.05 Å². The molecule has 6 amide bonds. The van der Waals surface area contributed by atoms with E-state index in [1.807, 2.05) is 56.3 Å². The van der Waals surface area contributed by atoms with Crippen molar-refractivity contribution >= 4 is 23.8 Å². The Labute approximate surface area is 644 Å². The Morgan fingerprint density at radius 1 is 0.336 bits per heavy atom. The molecule has 0 unspecified atom stereocenters. The van der Waals surface area contributed by atoms with Crippen LogP contribution in [0.1, 0.15) is 246 Å². The first-order valence-corrected chi connectivity index (χ1v) is 39.3. The van der Waals surface area contributed by atoms with E-state index < -0.39 is 0 Å². The number of urea groups is 3. The zero-order valence-electron chi connectivity index (χ0n) is 68.9. The van der Waals surface area contributed by atoms with Crippen molar-refractivity contribution in [3.8, 4) is 0 Å². The fourth-order valence-corrected chi connectivity index (χ4v) is 14.7. The Morgan fingerprint density at radius 3 is 0.804 bits per heavy atom. The highest BCUT2D eigenvalue weighted by atomic mass is 16.2. The van der Waals surface area contributed by atoms with Gasteiger partial charge in [-0.25, -0.2) is 14.4 Å². The van der Waals surface area contributed by atoms with Crippen molar-refractivity contribution in [2.24, 2.45) is 0 Å². The summed E-state index contributed by atoms with van der Waals surface area (Å²) in [4.78, 5) is 36.5. The van der Waals surface area contributed by atoms with Crippen LogP contribution in [0.3, 0.4) is 0 Å². The van der Waals surface area contributed by atoms with Crippen LogP contribution >= 0.6 is 0 Å². The number of rotatable bonds is 14. The predicted octanol–water partition coefficient (Wildman–Crippen LogP) is 19.8. The van der Waals surface area contributed by atoms with Crippen LogP contribution in [0.5, 0.6) is 0 Å². The van der Waals surface area contributed by atoms with Crippen LogP contribution in [-0.4, -0.2) is 87.6 Å². The van der Waals surface area contributed by atoms with Gasteiger partial charge in [-0.3, -0.25) is 0 Å². The molecular weight excluding hydrogens is 1320 g/mol. The van der Waals surface area contributed by atoms with Gasteiger partial charge in [-0.15, -0.1) is 0 Å². The molecule has 3 aliphatic heterocycles. The van der Waals surface area contributed by atoms with Crippen molar-refractivity contribution in [1.82, 2.24) is 42.5 Å². The number of carbonyl (C=O) groups is 3. The van der Waals surface area contributed by atoms with Crippen LogP contribution in [0.25, 0.3) is 0 Å². The Hall–Kier alpha value is -8.55. The van der Waals surface area contributed by atoms with Gasteiger partial charge in [0, 0.05) is 92.9 Å². The fourth-order valence-electron chi connectivity index (χ4n) is 14.7. The van der Waals surface area contributed by atoms with E-state index in [-0.39, 0.29) is 105 Å². The second kappa shape index (κ2) is 36.6. The lowest BCUT2D eigenvalue weighted by molar-refractivity contribution is 0.237. The Kier molecular flexibility index (Phi) is 28.7. The Morgan fingerprint density at radius 2 is 0.579 bits per heavy atom. The van der Waals surface area contributed by atoms with Crippen molar-refractivity contribution in [2.75, 3.05) is 38.5 Å². The maximum atomic E-state index is 12.7. The molecule has 107 heavy (non-hydrogen) atoms. The molecule has 12 nitrogen and oxygen atoms in total. The second-order valence-corrected chi connectivity index (χ2v) is 36.4. The van der Waals surface area contributed by atoms with Crippen molar-refractivity contribution in [2.45, 2.75) is 251 Å². The zero-order valence-corrected chi connectivity index (χ0v) is 68.9. The summed E-state index contributed by atoms with van der Waals surface area (Å²) < 4.78 is 0. The van der Waals surface area contributed by atoms with E-state index in [0.717, 1.165) is 44.6 Å². The van der Waals surface area contributed by atoms with Gasteiger partial charge in [-0.05, 0) is 151 Å². The molecule has 11 rings (SSSR count). The van der Waals surface area contributed by atoms with Gasteiger partial charge in [0.25, 0.3) is 0 Å². The van der Waals surface area contributed by atoms with Crippen LogP contribution in [0.2, 0.25) is 0 Å². The maximum Gasteiger partial charge on any atom is 0.319 e. The number of aryl methyl sites for hydroxylation is 2. The predicted molar refractivity (Wildman–Crippen MR) is 451 cm³/mol. The van der Waals surface area contributed by atoms with Gasteiger partial charge >= 0.3 is 18.1 Å². The van der Waals surface area contributed by atoms with Gasteiger partial charge in [0.05, 0.1) is 0 Å². The van der Waals surface area contributed by atoms with Crippen LogP contribution in [0, 0.1) is 13.8 Å². The fraction of sp³-hybridized carbons (Fsp3) is 0.463. The average molecular weight is 1450 g/mol. The number of nitrogens with one attached hydrogen (secondary N) is 9. The van der Waals surface area contributed by atoms with Crippen LogP contribution in [0.15, 0.2) is 200 Å². The first-order valence-electron chi connectivity index (χ1n) is 39.3. The Bertz CT molecular complexity index is 3880. The zero-order chi connectivity index (χ0) is 78.2. The van der Waals surface area contributed by atoms with Crippen molar-refractivity contribution in [3.05, 3.63) is 278 Å². The quantitative estimate of drug-likeness (QED) is 0.0527. The molecule has 3 aliphatic rings. The highest BCUT2D eigenvalue weighted by Crippen LogP contribution is 2.40. The molecule has 0 aliphatic carbocycles.